The molecule has 3 heterocycles. The van der Waals surface area contributed by atoms with Crippen LogP contribution in [0.25, 0.3) is 10.6 Å². The number of thiazole rings is 1. The number of methoxy groups -OCH3 is 3. The molecule has 2 aliphatic rings. The number of hydrogen-bond donors (Lipinski definition) is 1. The lowest BCUT2D eigenvalue weighted by molar-refractivity contribution is -0.120. The van der Waals surface area contributed by atoms with Gasteiger partial charge in [-0.2, -0.15) is 0 Å². The van der Waals surface area contributed by atoms with E-state index in [2.05, 4.69) is 15.2 Å². The molecular formula is C24H33N3O4S. The summed E-state index contributed by atoms with van der Waals surface area (Å²) in [6.07, 6.45) is 6.64. The lowest BCUT2D eigenvalue weighted by Gasteiger charge is -2.44. The fourth-order valence-electron chi connectivity index (χ4n) is 5.01. The van der Waals surface area contributed by atoms with Crippen molar-refractivity contribution in [3.05, 3.63) is 23.2 Å². The molecule has 1 amide bonds. The minimum Gasteiger partial charge on any atom is -0.493 e. The summed E-state index contributed by atoms with van der Waals surface area (Å²) in [6, 6.07) is 4.40. The van der Waals surface area contributed by atoms with Crippen molar-refractivity contribution in [1.29, 1.82) is 0 Å². The number of nitrogens with one attached hydrogen (secondary N) is 1. The van der Waals surface area contributed by atoms with Crippen LogP contribution in [0, 0.1) is 5.92 Å². The van der Waals surface area contributed by atoms with Crippen LogP contribution < -0.4 is 19.5 Å². The molecule has 2 saturated heterocycles. The van der Waals surface area contributed by atoms with Crippen molar-refractivity contribution in [3.63, 3.8) is 0 Å². The van der Waals surface area contributed by atoms with Crippen molar-refractivity contribution in [2.45, 2.75) is 44.6 Å². The van der Waals surface area contributed by atoms with Gasteiger partial charge in [0.25, 0.3) is 0 Å². The van der Waals surface area contributed by atoms with Crippen LogP contribution in [0.5, 0.6) is 17.2 Å². The van der Waals surface area contributed by atoms with E-state index in [1.54, 1.807) is 21.3 Å². The Labute approximate surface area is 194 Å². The molecule has 2 fully saturated rings. The van der Waals surface area contributed by atoms with Crippen LogP contribution in [0.15, 0.2) is 17.5 Å². The first-order chi connectivity index (χ1) is 15.6. The minimum absolute atomic E-state index is 0.0414. The fourth-order valence-corrected chi connectivity index (χ4v) is 5.82. The second-order valence-corrected chi connectivity index (χ2v) is 9.40. The Morgan fingerprint density at radius 1 is 1.09 bits per heavy atom. The quantitative estimate of drug-likeness (QED) is 0.648. The summed E-state index contributed by atoms with van der Waals surface area (Å²) >= 11 is 1.51. The number of fused-ring (bicyclic) bond motifs is 1. The topological polar surface area (TPSA) is 72.9 Å². The molecule has 8 heteroatoms. The molecule has 0 radical (unpaired) electrons. The molecule has 1 aromatic heterocycles. The van der Waals surface area contributed by atoms with Crippen LogP contribution in [-0.2, 0) is 11.2 Å². The summed E-state index contributed by atoms with van der Waals surface area (Å²) < 4.78 is 16.3. The van der Waals surface area contributed by atoms with E-state index < -0.39 is 0 Å². The van der Waals surface area contributed by atoms with Crippen LogP contribution >= 0.6 is 11.3 Å². The molecule has 0 aliphatic carbocycles. The van der Waals surface area contributed by atoms with Gasteiger partial charge in [-0.05, 0) is 56.8 Å². The smallest absolute Gasteiger partial charge is 0.226 e. The lowest BCUT2D eigenvalue weighted by Crippen LogP contribution is -2.51. The molecular weight excluding hydrogens is 426 g/mol. The number of ether oxygens (including phenoxy) is 3. The van der Waals surface area contributed by atoms with Crippen LogP contribution in [0.3, 0.4) is 0 Å². The van der Waals surface area contributed by atoms with Crippen molar-refractivity contribution in [2.75, 3.05) is 41.0 Å². The Morgan fingerprint density at radius 3 is 2.56 bits per heavy atom. The monoisotopic (exact) mass is 459 g/mol. The third kappa shape index (κ3) is 5.02. The predicted octanol–water partition coefficient (Wildman–Crippen LogP) is 3.76. The zero-order chi connectivity index (χ0) is 22.5. The number of aromatic nitrogens is 1. The Bertz CT molecular complexity index is 905. The second kappa shape index (κ2) is 10.5. The molecule has 2 atom stereocenters. The maximum atomic E-state index is 12.6. The summed E-state index contributed by atoms with van der Waals surface area (Å²) in [5.41, 5.74) is 1.65. The van der Waals surface area contributed by atoms with Gasteiger partial charge in [-0.1, -0.05) is 6.42 Å². The highest BCUT2D eigenvalue weighted by Gasteiger charge is 2.32. The summed E-state index contributed by atoms with van der Waals surface area (Å²) in [4.78, 5) is 19.9. The van der Waals surface area contributed by atoms with Crippen LogP contribution in [0.4, 0.5) is 0 Å². The van der Waals surface area contributed by atoms with Gasteiger partial charge in [-0.3, -0.25) is 4.79 Å². The Morgan fingerprint density at radius 2 is 1.84 bits per heavy atom. The van der Waals surface area contributed by atoms with E-state index in [1.807, 2.05) is 17.5 Å². The number of benzene rings is 1. The molecule has 0 bridgehead atoms. The summed E-state index contributed by atoms with van der Waals surface area (Å²) in [6.45, 7) is 3.21. The first-order valence-electron chi connectivity index (χ1n) is 11.4. The van der Waals surface area contributed by atoms with Gasteiger partial charge in [-0.25, -0.2) is 4.98 Å². The van der Waals surface area contributed by atoms with Crippen molar-refractivity contribution in [1.82, 2.24) is 15.2 Å². The van der Waals surface area contributed by atoms with E-state index in [4.69, 9.17) is 14.2 Å². The van der Waals surface area contributed by atoms with E-state index in [0.29, 0.717) is 35.6 Å². The summed E-state index contributed by atoms with van der Waals surface area (Å²) in [7, 11) is 4.77. The Kier molecular flexibility index (Phi) is 7.52. The first-order valence-corrected chi connectivity index (χ1v) is 12.3. The number of rotatable bonds is 8. The molecule has 7 nitrogen and oxygen atoms in total. The van der Waals surface area contributed by atoms with Crippen LogP contribution in [0.1, 0.15) is 37.8 Å². The standard InChI is InChI=1S/C24H33N3O4S/c1-29-20-11-17(12-21(30-2)23(20)31-3)24-26-18(15-32-24)13-22(28)25-14-16-7-6-10-27-9-5-4-8-19(16)27/h11-12,15-16,19H,4-10,13-14H2,1-3H3,(H,25,28)/t16-,19-/m1/s1. The highest BCUT2D eigenvalue weighted by molar-refractivity contribution is 7.13. The van der Waals surface area contributed by atoms with E-state index in [-0.39, 0.29) is 5.91 Å². The van der Waals surface area contributed by atoms with Gasteiger partial charge in [0, 0.05) is 23.5 Å². The SMILES string of the molecule is COc1cc(-c2nc(CC(=O)NC[C@H]3CCCN4CCCC[C@H]34)cs2)cc(OC)c1OC. The Balaban J connectivity index is 1.37. The van der Waals surface area contributed by atoms with Gasteiger partial charge in [0.1, 0.15) is 5.01 Å². The highest BCUT2D eigenvalue weighted by atomic mass is 32.1. The van der Waals surface area contributed by atoms with Gasteiger partial charge >= 0.3 is 0 Å². The highest BCUT2D eigenvalue weighted by Crippen LogP contribution is 2.41. The molecule has 174 valence electrons. The number of nitrogens with zero attached hydrogens (tertiary/aromatic N) is 2. The summed E-state index contributed by atoms with van der Waals surface area (Å²) in [5, 5.41) is 5.94. The average Bonchev–Trinajstić information content (AvgIpc) is 3.30. The fraction of sp³-hybridized carbons (Fsp3) is 0.583. The molecule has 0 unspecified atom stereocenters. The van der Waals surface area contributed by atoms with Crippen LogP contribution in [0.2, 0.25) is 0 Å². The number of carbonyl (C=O) groups excluding carboxylic acids is 1. The van der Waals surface area contributed by atoms with Crippen molar-refractivity contribution < 1.29 is 19.0 Å². The zero-order valence-corrected chi connectivity index (χ0v) is 20.0. The molecule has 0 spiro atoms. The van der Waals surface area contributed by atoms with E-state index >= 15 is 0 Å². The number of hydrogen-bond acceptors (Lipinski definition) is 7. The normalized spacial score (nSPS) is 21.0. The molecule has 2 aliphatic heterocycles. The number of piperidine rings is 2. The third-order valence-corrected chi connectivity index (χ3v) is 7.54. The number of amides is 1. The van der Waals surface area contributed by atoms with Gasteiger partial charge in [0.15, 0.2) is 11.5 Å². The molecule has 32 heavy (non-hydrogen) atoms. The molecule has 0 saturated carbocycles. The zero-order valence-electron chi connectivity index (χ0n) is 19.2. The van der Waals surface area contributed by atoms with Crippen molar-refractivity contribution >= 4 is 17.2 Å². The van der Waals surface area contributed by atoms with Crippen molar-refractivity contribution in [3.8, 4) is 27.8 Å². The molecule has 4 rings (SSSR count). The maximum Gasteiger partial charge on any atom is 0.226 e. The Hall–Kier alpha value is -2.32. The minimum atomic E-state index is 0.0414. The van der Waals surface area contributed by atoms with E-state index in [9.17, 15) is 4.79 Å². The van der Waals surface area contributed by atoms with Gasteiger partial charge in [0.05, 0.1) is 33.4 Å². The summed E-state index contributed by atoms with van der Waals surface area (Å²) in [5.74, 6) is 2.33. The predicted molar refractivity (Wildman–Crippen MR) is 126 cm³/mol. The molecule has 1 N–H and O–H groups in total. The lowest BCUT2D eigenvalue weighted by atomic mass is 9.83. The van der Waals surface area contributed by atoms with Crippen LogP contribution in [-0.4, -0.2) is 62.8 Å². The van der Waals surface area contributed by atoms with Gasteiger partial charge in [0.2, 0.25) is 11.7 Å². The average molecular weight is 460 g/mol. The first kappa shape index (κ1) is 22.9. The van der Waals surface area contributed by atoms with Gasteiger partial charge < -0.3 is 24.4 Å². The van der Waals surface area contributed by atoms with E-state index in [0.717, 1.165) is 22.8 Å². The largest absolute Gasteiger partial charge is 0.493 e. The molecule has 2 aromatic rings. The number of carbonyl (C=O) groups is 1. The third-order valence-electron chi connectivity index (χ3n) is 6.60. The van der Waals surface area contributed by atoms with Crippen molar-refractivity contribution in [2.24, 2.45) is 5.92 Å². The maximum absolute atomic E-state index is 12.6. The van der Waals surface area contributed by atoms with Gasteiger partial charge in [-0.15, -0.1) is 11.3 Å². The molecule has 1 aromatic carbocycles. The van der Waals surface area contributed by atoms with E-state index in [1.165, 1.54) is 56.5 Å². The second-order valence-electron chi connectivity index (χ2n) is 8.54.